The topological polar surface area (TPSA) is 20.2 Å². The van der Waals surface area contributed by atoms with Crippen LogP contribution in [0.1, 0.15) is 34.6 Å². The van der Waals surface area contributed by atoms with Crippen molar-refractivity contribution in [2.24, 2.45) is 5.92 Å². The van der Waals surface area contributed by atoms with Gasteiger partial charge in [0.1, 0.15) is 0 Å². The smallest absolute Gasteiger partial charge is 0.159 e. The number of thiocarbonyl (C=S) groups is 1. The van der Waals surface area contributed by atoms with E-state index in [1.807, 2.05) is 6.92 Å². The van der Waals surface area contributed by atoms with E-state index in [0.29, 0.717) is 0 Å². The summed E-state index contributed by atoms with van der Waals surface area (Å²) in [6, 6.07) is 1.14. The van der Waals surface area contributed by atoms with E-state index < -0.39 is 8.80 Å². The molecule has 1 atom stereocenters. The normalized spacial score (nSPS) is 14.2. The van der Waals surface area contributed by atoms with Crippen LogP contribution in [0.4, 0.5) is 0 Å². The van der Waals surface area contributed by atoms with E-state index in [1.165, 1.54) is 0 Å². The summed E-state index contributed by atoms with van der Waals surface area (Å²) in [4.78, 5) is 0. The second-order valence-corrected chi connectivity index (χ2v) is 9.51. The highest BCUT2D eigenvalue weighted by atomic mass is 32.1. The molecule has 0 aliphatic rings. The fourth-order valence-corrected chi connectivity index (χ4v) is 5.76. The molecule has 1 nitrogen and oxygen atoms in total. The molecule has 0 aromatic heterocycles. The summed E-state index contributed by atoms with van der Waals surface area (Å²) < 4.78 is 0. The Morgan fingerprint density at radius 1 is 1.15 bits per heavy atom. The van der Waals surface area contributed by atoms with Crippen molar-refractivity contribution in [1.82, 2.24) is 0 Å². The summed E-state index contributed by atoms with van der Waals surface area (Å²) >= 11 is 4.79. The van der Waals surface area contributed by atoms with Gasteiger partial charge in [-0.05, 0) is 18.3 Å². The Hall–Kier alpha value is 0.107. The molecule has 3 heteroatoms. The minimum Gasteiger partial charge on any atom is -0.502 e. The molecular formula is C10H22OSSi. The van der Waals surface area contributed by atoms with Crippen LogP contribution in [-0.4, -0.2) is 19.0 Å². The third-order valence-corrected chi connectivity index (χ3v) is 7.84. The quantitative estimate of drug-likeness (QED) is 0.562. The molecule has 0 saturated carbocycles. The lowest BCUT2D eigenvalue weighted by Crippen LogP contribution is -2.25. The van der Waals surface area contributed by atoms with Crippen molar-refractivity contribution in [1.29, 1.82) is 0 Å². The highest BCUT2D eigenvalue weighted by Gasteiger charge is 2.23. The lowest BCUT2D eigenvalue weighted by Gasteiger charge is -2.25. The average molecular weight is 218 g/mol. The monoisotopic (exact) mass is 218 g/mol. The van der Waals surface area contributed by atoms with Crippen molar-refractivity contribution in [3.8, 4) is 0 Å². The van der Waals surface area contributed by atoms with E-state index in [-0.39, 0.29) is 11.0 Å². The predicted octanol–water partition coefficient (Wildman–Crippen LogP) is 3.56. The van der Waals surface area contributed by atoms with Gasteiger partial charge in [0.05, 0.1) is 0 Å². The van der Waals surface area contributed by atoms with E-state index in [2.05, 4.69) is 27.7 Å². The molecule has 0 amide bonds. The predicted molar refractivity (Wildman–Crippen MR) is 66.5 cm³/mol. The minimum atomic E-state index is -0.742. The fourth-order valence-electron chi connectivity index (χ4n) is 1.82. The summed E-state index contributed by atoms with van der Waals surface area (Å²) in [6.45, 7) is 11.2. The molecule has 0 saturated heterocycles. The summed E-state index contributed by atoms with van der Waals surface area (Å²) in [7, 11) is -0.742. The summed E-state index contributed by atoms with van der Waals surface area (Å²) in [6.07, 6.45) is 0. The summed E-state index contributed by atoms with van der Waals surface area (Å²) in [5.41, 5.74) is 1.61. The van der Waals surface area contributed by atoms with Crippen molar-refractivity contribution < 1.29 is 5.11 Å². The van der Waals surface area contributed by atoms with Crippen LogP contribution in [0.3, 0.4) is 0 Å². The average Bonchev–Trinajstić information content (AvgIpc) is 1.97. The van der Waals surface area contributed by atoms with Gasteiger partial charge < -0.3 is 5.11 Å². The Bertz CT molecular complexity index is 160. The molecule has 0 aromatic rings. The molecule has 0 radical (unpaired) electrons. The van der Waals surface area contributed by atoms with Gasteiger partial charge in [-0.2, -0.15) is 0 Å². The first kappa shape index (κ1) is 13.1. The lowest BCUT2D eigenvalue weighted by molar-refractivity contribution is 0.519. The van der Waals surface area contributed by atoms with Gasteiger partial charge in [-0.15, -0.1) is 0 Å². The maximum atomic E-state index is 9.19. The van der Waals surface area contributed by atoms with E-state index in [9.17, 15) is 5.11 Å². The Labute approximate surface area is 89.2 Å². The van der Waals surface area contributed by atoms with Gasteiger partial charge in [0.25, 0.3) is 0 Å². The van der Waals surface area contributed by atoms with Crippen LogP contribution in [0.25, 0.3) is 0 Å². The van der Waals surface area contributed by atoms with Crippen LogP contribution in [-0.2, 0) is 0 Å². The number of aliphatic hydroxyl groups excluding tert-OH is 1. The maximum Gasteiger partial charge on any atom is 0.159 e. The molecule has 0 heterocycles. The number of hydrogen-bond acceptors (Lipinski definition) is 1. The molecule has 0 bridgehead atoms. The zero-order valence-corrected chi connectivity index (χ0v) is 11.3. The molecule has 1 unspecified atom stereocenters. The van der Waals surface area contributed by atoms with Crippen LogP contribution in [0, 0.1) is 5.92 Å². The number of hydrogen-bond donors (Lipinski definition) is 1. The Morgan fingerprint density at radius 3 is 1.77 bits per heavy atom. The molecule has 1 N–H and O–H groups in total. The van der Waals surface area contributed by atoms with Gasteiger partial charge in [-0.1, -0.05) is 45.7 Å². The molecule has 78 valence electrons. The van der Waals surface area contributed by atoms with Crippen LogP contribution in [0.2, 0.25) is 17.1 Å². The largest absolute Gasteiger partial charge is 0.502 e. The molecule has 0 rings (SSSR count). The first-order valence-electron chi connectivity index (χ1n) is 5.09. The van der Waals surface area contributed by atoms with Crippen molar-refractivity contribution in [2.45, 2.75) is 51.7 Å². The summed E-state index contributed by atoms with van der Waals surface area (Å²) in [5.74, 6) is 0.219. The maximum absolute atomic E-state index is 9.19. The van der Waals surface area contributed by atoms with Crippen molar-refractivity contribution >= 4 is 26.1 Å². The Kier molecular flexibility index (Phi) is 5.80. The Balaban J connectivity index is 4.18. The van der Waals surface area contributed by atoms with Gasteiger partial charge in [0.15, 0.2) is 5.05 Å². The first-order valence-corrected chi connectivity index (χ1v) is 7.64. The lowest BCUT2D eigenvalue weighted by atomic mass is 10.2. The molecule has 0 fully saturated rings. The highest BCUT2D eigenvalue weighted by Crippen LogP contribution is 2.26. The van der Waals surface area contributed by atoms with Gasteiger partial charge in [0, 0.05) is 14.7 Å². The SMILES string of the molecule is CC(C[SiH](C(C)C)C(C)C)C(O)=S. The van der Waals surface area contributed by atoms with Crippen LogP contribution in [0.5, 0.6) is 0 Å². The van der Waals surface area contributed by atoms with Crippen LogP contribution in [0.15, 0.2) is 0 Å². The highest BCUT2D eigenvalue weighted by molar-refractivity contribution is 7.80. The van der Waals surface area contributed by atoms with Crippen molar-refractivity contribution in [2.75, 3.05) is 0 Å². The summed E-state index contributed by atoms with van der Waals surface area (Å²) in [5, 5.41) is 9.38. The van der Waals surface area contributed by atoms with E-state index >= 15 is 0 Å². The van der Waals surface area contributed by atoms with Gasteiger partial charge in [0.2, 0.25) is 0 Å². The zero-order chi connectivity index (χ0) is 10.6. The van der Waals surface area contributed by atoms with Gasteiger partial charge in [-0.25, -0.2) is 0 Å². The van der Waals surface area contributed by atoms with E-state index in [0.717, 1.165) is 17.1 Å². The minimum absolute atomic E-state index is 0.193. The molecule has 13 heavy (non-hydrogen) atoms. The molecule has 0 aliphatic heterocycles. The number of rotatable bonds is 5. The second-order valence-electron chi connectivity index (χ2n) is 4.63. The van der Waals surface area contributed by atoms with Crippen molar-refractivity contribution in [3.05, 3.63) is 0 Å². The van der Waals surface area contributed by atoms with Crippen LogP contribution >= 0.6 is 12.2 Å². The molecule has 0 spiro atoms. The third kappa shape index (κ3) is 4.77. The Morgan fingerprint density at radius 2 is 1.54 bits per heavy atom. The second kappa shape index (κ2) is 5.76. The van der Waals surface area contributed by atoms with Gasteiger partial charge in [-0.3, -0.25) is 0 Å². The zero-order valence-electron chi connectivity index (χ0n) is 9.37. The van der Waals surface area contributed by atoms with E-state index in [1.54, 1.807) is 0 Å². The third-order valence-electron chi connectivity index (χ3n) is 2.76. The molecule has 0 aromatic carbocycles. The van der Waals surface area contributed by atoms with Crippen LogP contribution < -0.4 is 0 Å². The van der Waals surface area contributed by atoms with Gasteiger partial charge >= 0.3 is 0 Å². The van der Waals surface area contributed by atoms with E-state index in [4.69, 9.17) is 12.2 Å². The fraction of sp³-hybridized carbons (Fsp3) is 0.900. The number of aliphatic hydroxyl groups is 1. The molecule has 0 aliphatic carbocycles. The molecular weight excluding hydrogens is 196 g/mol. The van der Waals surface area contributed by atoms with Crippen molar-refractivity contribution in [3.63, 3.8) is 0 Å². The standard InChI is InChI=1S/C10H22OSSi/c1-7(2)13(8(3)4)6-9(5)10(11)12/h7-9,13H,6H2,1-5H3,(H,11,12). The first-order chi connectivity index (χ1) is 5.86.